The van der Waals surface area contributed by atoms with Crippen LogP contribution in [0.25, 0.3) is 44.6 Å². The first-order chi connectivity index (χ1) is 18.0. The summed E-state index contributed by atoms with van der Waals surface area (Å²) in [5, 5.41) is 10.4. The van der Waals surface area contributed by atoms with Gasteiger partial charge in [-0.2, -0.15) is 5.26 Å². The Hall–Kier alpha value is -4.62. The summed E-state index contributed by atoms with van der Waals surface area (Å²) in [6.07, 6.45) is 1.46. The van der Waals surface area contributed by atoms with Crippen molar-refractivity contribution in [3.05, 3.63) is 64.3 Å². The van der Waals surface area contributed by atoms with Gasteiger partial charge in [-0.05, 0) is 37.4 Å². The van der Waals surface area contributed by atoms with Gasteiger partial charge in [-0.15, -0.1) is 0 Å². The Morgan fingerprint density at radius 1 is 1.11 bits per heavy atom. The summed E-state index contributed by atoms with van der Waals surface area (Å²) in [4.78, 5) is 31.5. The highest BCUT2D eigenvalue weighted by Crippen LogP contribution is 2.38. The molecule has 4 heterocycles. The third-order valence-electron chi connectivity index (χ3n) is 6.99. The number of nitriles is 1. The molecule has 0 bridgehead atoms. The van der Waals surface area contributed by atoms with Gasteiger partial charge in [0.25, 0.3) is 5.56 Å². The molecule has 0 amide bonds. The summed E-state index contributed by atoms with van der Waals surface area (Å²) >= 11 is 0. The normalized spacial score (nSPS) is 14.4. The number of fused-ring (bicyclic) bond motifs is 2. The summed E-state index contributed by atoms with van der Waals surface area (Å²) in [7, 11) is 3.55. The number of nitrogens with one attached hydrogen (secondary N) is 3. The number of imidazole rings is 1. The lowest BCUT2D eigenvalue weighted by Gasteiger charge is -2.34. The minimum atomic E-state index is -0.546. The van der Waals surface area contributed by atoms with E-state index in [-0.39, 0.29) is 33.7 Å². The van der Waals surface area contributed by atoms with Gasteiger partial charge in [0.1, 0.15) is 29.0 Å². The number of pyridine rings is 1. The maximum atomic E-state index is 14.9. The number of piperazine rings is 1. The average Bonchev–Trinajstić information content (AvgIpc) is 3.49. The zero-order valence-electron chi connectivity index (χ0n) is 20.4. The number of aromatic nitrogens is 4. The maximum absolute atomic E-state index is 14.9. The molecule has 9 nitrogen and oxygen atoms in total. The molecule has 6 rings (SSSR count). The molecule has 1 saturated heterocycles. The van der Waals surface area contributed by atoms with Crippen LogP contribution in [0, 0.1) is 17.1 Å². The van der Waals surface area contributed by atoms with Gasteiger partial charge in [0.15, 0.2) is 0 Å². The first-order valence-electron chi connectivity index (χ1n) is 11.9. The molecule has 5 aromatic rings. The SMILES string of the molecule is COc1cccc(F)c1-c1[nH]c2c(-c3nc4cc(N5CCN(C)CC5)ccc4[nH]3)c(=O)[nH]cc2c1C#N. The van der Waals surface area contributed by atoms with E-state index < -0.39 is 5.82 Å². The molecule has 3 N–H and O–H groups in total. The van der Waals surface area contributed by atoms with E-state index >= 15 is 0 Å². The summed E-state index contributed by atoms with van der Waals surface area (Å²) in [6, 6.07) is 12.6. The average molecular weight is 498 g/mol. The lowest BCUT2D eigenvalue weighted by atomic mass is 10.0. The smallest absolute Gasteiger partial charge is 0.261 e. The molecule has 1 fully saturated rings. The molecule has 1 aliphatic rings. The number of hydrogen-bond donors (Lipinski definition) is 3. The molecule has 3 aromatic heterocycles. The first kappa shape index (κ1) is 22.8. The van der Waals surface area contributed by atoms with Crippen molar-refractivity contribution in [1.82, 2.24) is 24.8 Å². The van der Waals surface area contributed by atoms with E-state index in [1.54, 1.807) is 6.07 Å². The van der Waals surface area contributed by atoms with Crippen LogP contribution >= 0.6 is 0 Å². The van der Waals surface area contributed by atoms with Gasteiger partial charge in [0.05, 0.1) is 40.5 Å². The summed E-state index contributed by atoms with van der Waals surface area (Å²) < 4.78 is 20.3. The molecule has 1 aliphatic heterocycles. The van der Waals surface area contributed by atoms with E-state index in [2.05, 4.69) is 37.9 Å². The third-order valence-corrected chi connectivity index (χ3v) is 6.99. The first-order valence-corrected chi connectivity index (χ1v) is 11.9. The zero-order valence-corrected chi connectivity index (χ0v) is 20.4. The van der Waals surface area contributed by atoms with Crippen molar-refractivity contribution in [3.8, 4) is 34.5 Å². The summed E-state index contributed by atoms with van der Waals surface area (Å²) in [6.45, 7) is 3.84. The van der Waals surface area contributed by atoms with Crippen LogP contribution in [0.3, 0.4) is 0 Å². The van der Waals surface area contributed by atoms with Gasteiger partial charge in [0, 0.05) is 43.4 Å². The molecule has 0 saturated carbocycles. The second-order valence-electron chi connectivity index (χ2n) is 9.16. The van der Waals surface area contributed by atoms with E-state index in [1.165, 1.54) is 25.4 Å². The lowest BCUT2D eigenvalue weighted by molar-refractivity contribution is 0.313. The number of likely N-dealkylation sites (N-methyl/N-ethyl adjacent to an activating group) is 1. The van der Waals surface area contributed by atoms with Crippen molar-refractivity contribution >= 4 is 27.6 Å². The van der Waals surface area contributed by atoms with Crippen LogP contribution in [-0.2, 0) is 0 Å². The number of anilines is 1. The third kappa shape index (κ3) is 3.72. The van der Waals surface area contributed by atoms with E-state index in [0.29, 0.717) is 16.7 Å². The molecule has 10 heteroatoms. The van der Waals surface area contributed by atoms with Crippen molar-refractivity contribution < 1.29 is 9.13 Å². The molecule has 0 aliphatic carbocycles. The summed E-state index contributed by atoms with van der Waals surface area (Å²) in [5.74, 6) is 0.0849. The van der Waals surface area contributed by atoms with Crippen molar-refractivity contribution in [1.29, 1.82) is 5.26 Å². The number of rotatable bonds is 4. The fourth-order valence-electron chi connectivity index (χ4n) is 5.00. The topological polar surface area (TPSA) is 117 Å². The van der Waals surface area contributed by atoms with E-state index in [0.717, 1.165) is 42.9 Å². The predicted octanol–water partition coefficient (Wildman–Crippen LogP) is 3.84. The van der Waals surface area contributed by atoms with Crippen LogP contribution in [0.5, 0.6) is 5.75 Å². The molecule has 37 heavy (non-hydrogen) atoms. The minimum absolute atomic E-state index is 0.123. The number of aromatic amines is 3. The highest BCUT2D eigenvalue weighted by atomic mass is 19.1. The van der Waals surface area contributed by atoms with Crippen LogP contribution in [-0.4, -0.2) is 65.2 Å². The van der Waals surface area contributed by atoms with Crippen molar-refractivity contribution in [3.63, 3.8) is 0 Å². The lowest BCUT2D eigenvalue weighted by Crippen LogP contribution is -2.44. The van der Waals surface area contributed by atoms with Crippen LogP contribution in [0.4, 0.5) is 10.1 Å². The molecule has 2 aromatic carbocycles. The number of nitrogens with zero attached hydrogens (tertiary/aromatic N) is 4. The predicted molar refractivity (Wildman–Crippen MR) is 140 cm³/mol. The van der Waals surface area contributed by atoms with Crippen LogP contribution in [0.15, 0.2) is 47.4 Å². The van der Waals surface area contributed by atoms with Gasteiger partial charge < -0.3 is 29.5 Å². The van der Waals surface area contributed by atoms with E-state index in [1.807, 2.05) is 18.2 Å². The maximum Gasteiger partial charge on any atom is 0.261 e. The van der Waals surface area contributed by atoms with Crippen LogP contribution in [0.2, 0.25) is 0 Å². The fourth-order valence-corrected chi connectivity index (χ4v) is 5.00. The number of halogens is 1. The highest BCUT2D eigenvalue weighted by molar-refractivity contribution is 6.01. The highest BCUT2D eigenvalue weighted by Gasteiger charge is 2.24. The second-order valence-corrected chi connectivity index (χ2v) is 9.16. The van der Waals surface area contributed by atoms with Crippen LogP contribution < -0.4 is 15.2 Å². The number of H-pyrrole nitrogens is 3. The zero-order chi connectivity index (χ0) is 25.7. The number of benzene rings is 2. The van der Waals surface area contributed by atoms with Gasteiger partial charge in [0.2, 0.25) is 0 Å². The molecule has 186 valence electrons. The Morgan fingerprint density at radius 3 is 2.68 bits per heavy atom. The minimum Gasteiger partial charge on any atom is -0.496 e. The van der Waals surface area contributed by atoms with Crippen molar-refractivity contribution in [2.24, 2.45) is 0 Å². The Labute approximate surface area is 211 Å². The monoisotopic (exact) mass is 497 g/mol. The Bertz CT molecular complexity index is 1750. The molecule has 0 spiro atoms. The molecular formula is C27H24FN7O2. The molecular weight excluding hydrogens is 473 g/mol. The Balaban J connectivity index is 1.51. The molecule has 0 unspecified atom stereocenters. The van der Waals surface area contributed by atoms with Gasteiger partial charge in [-0.3, -0.25) is 4.79 Å². The number of ether oxygens (including phenoxy) is 1. The van der Waals surface area contributed by atoms with Crippen molar-refractivity contribution in [2.75, 3.05) is 45.2 Å². The fraction of sp³-hybridized carbons (Fsp3) is 0.222. The van der Waals surface area contributed by atoms with Gasteiger partial charge >= 0.3 is 0 Å². The Kier molecular flexibility index (Phi) is 5.43. The standard InChI is InChI=1S/C27H24FN7O2/c1-34-8-10-35(11-9-34)15-6-7-19-20(12-15)32-26(31-19)23-25-17(14-30-27(23)36)16(13-29)24(33-25)22-18(28)4-3-5-21(22)37-2/h3-7,12,14,33H,8-11H2,1-2H3,(H,30,36)(H,31,32). The van der Waals surface area contributed by atoms with Crippen LogP contribution in [0.1, 0.15) is 5.56 Å². The molecule has 0 radical (unpaired) electrons. The summed E-state index contributed by atoms with van der Waals surface area (Å²) in [5.41, 5.74) is 3.39. The Morgan fingerprint density at radius 2 is 1.92 bits per heavy atom. The van der Waals surface area contributed by atoms with E-state index in [9.17, 15) is 14.4 Å². The number of methoxy groups -OCH3 is 1. The quantitative estimate of drug-likeness (QED) is 0.347. The van der Waals surface area contributed by atoms with Gasteiger partial charge in [-0.25, -0.2) is 9.37 Å². The van der Waals surface area contributed by atoms with Gasteiger partial charge in [-0.1, -0.05) is 6.07 Å². The molecule has 0 atom stereocenters. The second kappa shape index (κ2) is 8.80. The largest absolute Gasteiger partial charge is 0.496 e. The number of hydrogen-bond acceptors (Lipinski definition) is 6. The van der Waals surface area contributed by atoms with E-state index in [4.69, 9.17) is 9.72 Å². The van der Waals surface area contributed by atoms with Crippen molar-refractivity contribution in [2.45, 2.75) is 0 Å².